The molecule has 0 aromatic heterocycles. The Morgan fingerprint density at radius 3 is 1.00 bits per heavy atom. The molecule has 0 amide bonds. The average Bonchev–Trinajstić information content (AvgIpc) is 2.39. The van der Waals surface area contributed by atoms with Crippen LogP contribution in [0.25, 0.3) is 0 Å². The Bertz CT molecular complexity index is 125. The van der Waals surface area contributed by atoms with Crippen molar-refractivity contribution in [2.45, 2.75) is 26.1 Å². The zero-order valence-electron chi connectivity index (χ0n) is 11.2. The summed E-state index contributed by atoms with van der Waals surface area (Å²) < 4.78 is 0. The van der Waals surface area contributed by atoms with Crippen LogP contribution in [0.3, 0.4) is 0 Å². The van der Waals surface area contributed by atoms with E-state index in [-0.39, 0.29) is 13.2 Å². The highest BCUT2D eigenvalue weighted by Crippen LogP contribution is 1.88. The molecule has 0 spiro atoms. The van der Waals surface area contributed by atoms with Gasteiger partial charge in [-0.15, -0.1) is 13.2 Å². The van der Waals surface area contributed by atoms with Crippen LogP contribution < -0.4 is 0 Å². The van der Waals surface area contributed by atoms with Crippen molar-refractivity contribution >= 4 is 0 Å². The van der Waals surface area contributed by atoms with Crippen molar-refractivity contribution < 1.29 is 30.6 Å². The van der Waals surface area contributed by atoms with Gasteiger partial charge in [-0.05, 0) is 13.8 Å². The monoisotopic (exact) mass is 268 g/mol. The van der Waals surface area contributed by atoms with Gasteiger partial charge in [0.25, 0.3) is 0 Å². The normalized spacial score (nSPS) is 11.1. The molecule has 0 fully saturated rings. The maximum atomic E-state index is 8.47. The molecule has 0 saturated carbocycles. The van der Waals surface area contributed by atoms with Crippen LogP contribution in [-0.4, -0.2) is 69.3 Å². The molecule has 0 radical (unpaired) electrons. The summed E-state index contributed by atoms with van der Waals surface area (Å²) in [7, 11) is 0. The molecule has 6 nitrogen and oxygen atoms in total. The summed E-state index contributed by atoms with van der Waals surface area (Å²) in [6.45, 7) is 9.20. The van der Waals surface area contributed by atoms with Gasteiger partial charge in [0.15, 0.2) is 0 Å². The summed E-state index contributed by atoms with van der Waals surface area (Å²) in [4.78, 5) is 0. The summed E-state index contributed by atoms with van der Waals surface area (Å²) in [6, 6.07) is 0. The molecule has 6 N–H and O–H groups in total. The van der Waals surface area contributed by atoms with Crippen LogP contribution in [0.4, 0.5) is 0 Å². The van der Waals surface area contributed by atoms with E-state index in [1.54, 1.807) is 12.2 Å². The van der Waals surface area contributed by atoms with Gasteiger partial charge in [0, 0.05) is 0 Å². The summed E-state index contributed by atoms with van der Waals surface area (Å²) in [5.41, 5.74) is 0. The molecule has 0 heterocycles. The molecule has 0 bridgehead atoms. The first-order valence-corrected chi connectivity index (χ1v) is 5.40. The van der Waals surface area contributed by atoms with Crippen LogP contribution in [0.1, 0.15) is 13.8 Å². The van der Waals surface area contributed by atoms with Gasteiger partial charge < -0.3 is 30.6 Å². The Kier molecular flexibility index (Phi) is 43.0. The van der Waals surface area contributed by atoms with Crippen molar-refractivity contribution in [1.29, 1.82) is 0 Å². The van der Waals surface area contributed by atoms with Crippen molar-refractivity contribution in [2.75, 3.05) is 26.4 Å². The number of allylic oxidation sites excluding steroid dienone is 2. The van der Waals surface area contributed by atoms with Crippen LogP contribution in [0.5, 0.6) is 0 Å². The first-order chi connectivity index (χ1) is 8.46. The molecule has 0 aromatic carbocycles. The third-order valence-corrected chi connectivity index (χ3v) is 0.918. The fraction of sp³-hybridized carbons (Fsp3) is 0.667. The van der Waals surface area contributed by atoms with E-state index < -0.39 is 25.4 Å². The Morgan fingerprint density at radius 1 is 0.778 bits per heavy atom. The lowest BCUT2D eigenvalue weighted by atomic mass is 10.2. The molecule has 2 unspecified atom stereocenters. The molecular formula is C12H28O6. The van der Waals surface area contributed by atoms with Gasteiger partial charge in [-0.1, -0.05) is 12.2 Å². The fourth-order valence-electron chi connectivity index (χ4n) is 0.243. The minimum absolute atomic E-state index is 0.125. The molecular weight excluding hydrogens is 240 g/mol. The summed E-state index contributed by atoms with van der Waals surface area (Å²) >= 11 is 0. The summed E-state index contributed by atoms with van der Waals surface area (Å²) in [6.07, 6.45) is 1.06. The predicted octanol–water partition coefficient (Wildman–Crippen LogP) is -0.952. The highest BCUT2D eigenvalue weighted by Gasteiger charge is 2.12. The van der Waals surface area contributed by atoms with Gasteiger partial charge in [0.05, 0.1) is 26.4 Å². The van der Waals surface area contributed by atoms with Gasteiger partial charge in [-0.3, -0.25) is 0 Å². The second-order valence-electron chi connectivity index (χ2n) is 2.76. The fourth-order valence-corrected chi connectivity index (χ4v) is 0.243. The molecule has 0 saturated heterocycles. The molecule has 0 aliphatic carbocycles. The van der Waals surface area contributed by atoms with E-state index in [9.17, 15) is 0 Å². The molecule has 0 aliphatic heterocycles. The maximum absolute atomic E-state index is 8.47. The number of aliphatic hydroxyl groups is 6. The molecule has 2 atom stereocenters. The lowest BCUT2D eigenvalue weighted by molar-refractivity contribution is -0.0388. The van der Waals surface area contributed by atoms with Gasteiger partial charge in [0.1, 0.15) is 12.2 Å². The van der Waals surface area contributed by atoms with Gasteiger partial charge in [0.2, 0.25) is 0 Å². The first kappa shape index (κ1) is 25.9. The van der Waals surface area contributed by atoms with E-state index >= 15 is 0 Å². The van der Waals surface area contributed by atoms with Gasteiger partial charge in [-0.25, -0.2) is 0 Å². The lowest BCUT2D eigenvalue weighted by Crippen LogP contribution is -2.31. The van der Waals surface area contributed by atoms with Crippen molar-refractivity contribution in [3.05, 3.63) is 25.3 Å². The third-order valence-electron chi connectivity index (χ3n) is 0.918. The van der Waals surface area contributed by atoms with E-state index in [0.717, 1.165) is 0 Å². The SMILES string of the molecule is C=CC.C=CC.OCC(O)C(O)CO.OCCO. The number of hydrogen-bond acceptors (Lipinski definition) is 6. The van der Waals surface area contributed by atoms with Crippen LogP contribution in [0.15, 0.2) is 25.3 Å². The standard InChI is InChI=1S/C4H10O4.2C3H6.C2H6O2/c5-1-3(7)4(8)2-6;2*1-3-2;3-1-2-4/h3-8H,1-2H2;2*3H,1H2,2H3;3-4H,1-2H2. The van der Waals surface area contributed by atoms with Gasteiger partial charge >= 0.3 is 0 Å². The Labute approximate surface area is 109 Å². The highest BCUT2D eigenvalue weighted by molar-refractivity contribution is 4.62. The smallest absolute Gasteiger partial charge is 0.105 e. The Balaban J connectivity index is -0.0000000827. The van der Waals surface area contributed by atoms with E-state index in [2.05, 4.69) is 13.2 Å². The first-order valence-electron chi connectivity index (χ1n) is 5.40. The summed E-state index contributed by atoms with van der Waals surface area (Å²) in [5.74, 6) is 0. The van der Waals surface area contributed by atoms with Gasteiger partial charge in [-0.2, -0.15) is 0 Å². The molecule has 112 valence electrons. The van der Waals surface area contributed by atoms with E-state index in [0.29, 0.717) is 0 Å². The predicted molar refractivity (Wildman–Crippen MR) is 72.1 cm³/mol. The van der Waals surface area contributed by atoms with Crippen molar-refractivity contribution in [1.82, 2.24) is 0 Å². The molecule has 0 aliphatic rings. The van der Waals surface area contributed by atoms with Crippen molar-refractivity contribution in [3.8, 4) is 0 Å². The molecule has 0 rings (SSSR count). The number of aliphatic hydroxyl groups excluding tert-OH is 6. The molecule has 18 heavy (non-hydrogen) atoms. The molecule has 0 aromatic rings. The largest absolute Gasteiger partial charge is 0.394 e. The number of rotatable bonds is 4. The second kappa shape index (κ2) is 29.9. The Hall–Kier alpha value is -0.760. The summed E-state index contributed by atoms with van der Waals surface area (Å²) in [5, 5.41) is 48.4. The van der Waals surface area contributed by atoms with Crippen molar-refractivity contribution in [2.24, 2.45) is 0 Å². The van der Waals surface area contributed by atoms with Crippen molar-refractivity contribution in [3.63, 3.8) is 0 Å². The third kappa shape index (κ3) is 45.5. The molecule has 6 heteroatoms. The minimum atomic E-state index is -1.22. The van der Waals surface area contributed by atoms with E-state index in [1.807, 2.05) is 13.8 Å². The Morgan fingerprint density at radius 2 is 0.944 bits per heavy atom. The zero-order chi connectivity index (χ0) is 15.4. The van der Waals surface area contributed by atoms with E-state index in [4.69, 9.17) is 30.6 Å². The number of hydrogen-bond donors (Lipinski definition) is 6. The quantitative estimate of drug-likeness (QED) is 0.366. The topological polar surface area (TPSA) is 121 Å². The van der Waals surface area contributed by atoms with Crippen LogP contribution in [0.2, 0.25) is 0 Å². The minimum Gasteiger partial charge on any atom is -0.394 e. The average molecular weight is 268 g/mol. The van der Waals surface area contributed by atoms with Crippen LogP contribution >= 0.6 is 0 Å². The zero-order valence-corrected chi connectivity index (χ0v) is 11.2. The van der Waals surface area contributed by atoms with Crippen LogP contribution in [-0.2, 0) is 0 Å². The lowest BCUT2D eigenvalue weighted by Gasteiger charge is -2.10. The highest BCUT2D eigenvalue weighted by atomic mass is 16.4. The second-order valence-corrected chi connectivity index (χ2v) is 2.76. The van der Waals surface area contributed by atoms with Crippen LogP contribution in [0, 0.1) is 0 Å². The maximum Gasteiger partial charge on any atom is 0.105 e. The van der Waals surface area contributed by atoms with E-state index in [1.165, 1.54) is 0 Å².